The van der Waals surface area contributed by atoms with Gasteiger partial charge in [-0.1, -0.05) is 13.8 Å². The molecule has 0 unspecified atom stereocenters. The van der Waals surface area contributed by atoms with Crippen LogP contribution in [0.4, 0.5) is 17.8 Å². The summed E-state index contributed by atoms with van der Waals surface area (Å²) in [5.41, 5.74) is 5.92. The second-order valence-electron chi connectivity index (χ2n) is 6.48. The Bertz CT molecular complexity index is 453. The predicted molar refractivity (Wildman–Crippen MR) is 87.6 cm³/mol. The first-order valence-electron chi connectivity index (χ1n) is 8.00. The molecule has 0 aromatic carbocycles. The average molecular weight is 292 g/mol. The van der Waals surface area contributed by atoms with E-state index in [1.54, 1.807) is 0 Å². The van der Waals surface area contributed by atoms with Crippen molar-refractivity contribution in [2.75, 3.05) is 35.2 Å². The Kier molecular flexibility index (Phi) is 5.20. The number of piperidine rings is 1. The van der Waals surface area contributed by atoms with E-state index in [9.17, 15) is 0 Å². The van der Waals surface area contributed by atoms with E-state index >= 15 is 0 Å². The molecule has 2 N–H and O–H groups in total. The van der Waals surface area contributed by atoms with E-state index in [-0.39, 0.29) is 0 Å². The van der Waals surface area contributed by atoms with Crippen molar-refractivity contribution in [3.8, 4) is 0 Å². The van der Waals surface area contributed by atoms with E-state index in [0.717, 1.165) is 25.6 Å². The Labute approximate surface area is 127 Å². The van der Waals surface area contributed by atoms with Gasteiger partial charge in [0.15, 0.2) is 0 Å². The van der Waals surface area contributed by atoms with Crippen LogP contribution in [-0.4, -0.2) is 40.6 Å². The van der Waals surface area contributed by atoms with Gasteiger partial charge in [0.05, 0.1) is 0 Å². The summed E-state index contributed by atoms with van der Waals surface area (Å²) in [4.78, 5) is 17.8. The Hall–Kier alpha value is -1.59. The fourth-order valence-electron chi connectivity index (χ4n) is 2.65. The van der Waals surface area contributed by atoms with E-state index in [4.69, 9.17) is 5.73 Å². The van der Waals surface area contributed by atoms with Crippen molar-refractivity contribution in [2.24, 2.45) is 5.92 Å². The Morgan fingerprint density at radius 3 is 2.29 bits per heavy atom. The van der Waals surface area contributed by atoms with Crippen LogP contribution in [0.3, 0.4) is 0 Å². The molecule has 0 saturated carbocycles. The van der Waals surface area contributed by atoms with Crippen LogP contribution in [0, 0.1) is 5.92 Å². The lowest BCUT2D eigenvalue weighted by Gasteiger charge is -2.31. The van der Waals surface area contributed by atoms with Crippen molar-refractivity contribution in [3.05, 3.63) is 0 Å². The minimum Gasteiger partial charge on any atom is -0.368 e. The second-order valence-corrected chi connectivity index (χ2v) is 6.48. The number of hydrogen-bond donors (Lipinski definition) is 1. The molecule has 0 spiro atoms. The molecule has 21 heavy (non-hydrogen) atoms. The molecule has 1 saturated heterocycles. The summed E-state index contributed by atoms with van der Waals surface area (Å²) in [5.74, 6) is 2.29. The molecular weight excluding hydrogens is 264 g/mol. The Morgan fingerprint density at radius 2 is 1.71 bits per heavy atom. The molecule has 2 heterocycles. The maximum absolute atomic E-state index is 5.92. The van der Waals surface area contributed by atoms with Crippen LogP contribution >= 0.6 is 0 Å². The van der Waals surface area contributed by atoms with Gasteiger partial charge in [-0.3, -0.25) is 0 Å². The number of nitrogen functional groups attached to an aromatic ring is 1. The van der Waals surface area contributed by atoms with Crippen LogP contribution < -0.4 is 15.5 Å². The highest BCUT2D eigenvalue weighted by Gasteiger charge is 2.20. The summed E-state index contributed by atoms with van der Waals surface area (Å²) in [6.45, 7) is 11.6. The maximum atomic E-state index is 5.92. The van der Waals surface area contributed by atoms with Crippen molar-refractivity contribution in [2.45, 2.75) is 53.0 Å². The highest BCUT2D eigenvalue weighted by atomic mass is 15.4. The van der Waals surface area contributed by atoms with Gasteiger partial charge in [-0.05, 0) is 39.0 Å². The molecule has 6 heteroatoms. The number of aromatic nitrogens is 3. The molecule has 1 aliphatic heterocycles. The van der Waals surface area contributed by atoms with Gasteiger partial charge in [-0.15, -0.1) is 0 Å². The molecule has 0 amide bonds. The van der Waals surface area contributed by atoms with Gasteiger partial charge in [-0.25, -0.2) is 0 Å². The monoisotopic (exact) mass is 292 g/mol. The van der Waals surface area contributed by atoms with Crippen molar-refractivity contribution < 1.29 is 0 Å². The maximum Gasteiger partial charge on any atom is 0.232 e. The highest BCUT2D eigenvalue weighted by molar-refractivity contribution is 5.44. The third-order valence-electron chi connectivity index (χ3n) is 3.71. The van der Waals surface area contributed by atoms with E-state index in [1.807, 2.05) is 0 Å². The minimum atomic E-state index is 0.315. The zero-order valence-electron chi connectivity index (χ0n) is 13.7. The van der Waals surface area contributed by atoms with Crippen molar-refractivity contribution in [1.82, 2.24) is 15.0 Å². The van der Waals surface area contributed by atoms with Gasteiger partial charge in [0, 0.05) is 25.7 Å². The van der Waals surface area contributed by atoms with Crippen LogP contribution in [0.2, 0.25) is 0 Å². The van der Waals surface area contributed by atoms with Gasteiger partial charge in [-0.2, -0.15) is 15.0 Å². The van der Waals surface area contributed by atoms with Gasteiger partial charge in [0.25, 0.3) is 0 Å². The highest BCUT2D eigenvalue weighted by Crippen LogP contribution is 2.21. The standard InChI is InChI=1S/C15H28N6/c1-11(2)10-21(12(3)4)15-18-13(16)17-14(19-15)20-8-6-5-7-9-20/h11-12H,5-10H2,1-4H3,(H2,16,17,18,19). The van der Waals surface area contributed by atoms with Gasteiger partial charge < -0.3 is 15.5 Å². The Balaban J connectivity index is 2.27. The van der Waals surface area contributed by atoms with Gasteiger partial charge in [0.2, 0.25) is 17.8 Å². The first kappa shape index (κ1) is 15.8. The number of hydrogen-bond acceptors (Lipinski definition) is 6. The summed E-state index contributed by atoms with van der Waals surface area (Å²) >= 11 is 0. The SMILES string of the molecule is CC(C)CN(c1nc(N)nc(N2CCCCC2)n1)C(C)C. The number of nitrogens with two attached hydrogens (primary N) is 1. The molecule has 2 rings (SSSR count). The Morgan fingerprint density at radius 1 is 1.05 bits per heavy atom. The first-order valence-corrected chi connectivity index (χ1v) is 8.00. The van der Waals surface area contributed by atoms with E-state index in [1.165, 1.54) is 19.3 Å². The quantitative estimate of drug-likeness (QED) is 0.898. The zero-order chi connectivity index (χ0) is 15.4. The number of nitrogens with zero attached hydrogens (tertiary/aromatic N) is 5. The summed E-state index contributed by atoms with van der Waals surface area (Å²) < 4.78 is 0. The third kappa shape index (κ3) is 4.19. The van der Waals surface area contributed by atoms with E-state index in [0.29, 0.717) is 23.9 Å². The normalized spacial score (nSPS) is 15.8. The number of rotatable bonds is 5. The summed E-state index contributed by atoms with van der Waals surface area (Å²) in [6, 6.07) is 0.336. The molecule has 0 aliphatic carbocycles. The molecule has 0 bridgehead atoms. The summed E-state index contributed by atoms with van der Waals surface area (Å²) in [5, 5.41) is 0. The van der Waals surface area contributed by atoms with Crippen LogP contribution in [0.15, 0.2) is 0 Å². The van der Waals surface area contributed by atoms with Crippen LogP contribution in [0.5, 0.6) is 0 Å². The molecule has 1 fully saturated rings. The average Bonchev–Trinajstić information content (AvgIpc) is 2.44. The molecule has 1 aromatic heterocycles. The molecule has 0 atom stereocenters. The van der Waals surface area contributed by atoms with Crippen LogP contribution in [-0.2, 0) is 0 Å². The second kappa shape index (κ2) is 6.91. The lowest BCUT2D eigenvalue weighted by molar-refractivity contribution is 0.551. The van der Waals surface area contributed by atoms with Crippen LogP contribution in [0.25, 0.3) is 0 Å². The number of anilines is 3. The third-order valence-corrected chi connectivity index (χ3v) is 3.71. The lowest BCUT2D eigenvalue weighted by atomic mass is 10.1. The predicted octanol–water partition coefficient (Wildman–Crippen LogP) is 2.31. The topological polar surface area (TPSA) is 71.2 Å². The molecule has 118 valence electrons. The minimum absolute atomic E-state index is 0.315. The zero-order valence-corrected chi connectivity index (χ0v) is 13.7. The fourth-order valence-corrected chi connectivity index (χ4v) is 2.65. The van der Waals surface area contributed by atoms with Crippen molar-refractivity contribution in [1.29, 1.82) is 0 Å². The molecule has 0 radical (unpaired) electrons. The molecule has 6 nitrogen and oxygen atoms in total. The van der Waals surface area contributed by atoms with Gasteiger partial charge >= 0.3 is 0 Å². The fraction of sp³-hybridized carbons (Fsp3) is 0.800. The lowest BCUT2D eigenvalue weighted by Crippen LogP contribution is -2.37. The molecular formula is C15H28N6. The summed E-state index contributed by atoms with van der Waals surface area (Å²) in [6.07, 6.45) is 3.68. The van der Waals surface area contributed by atoms with Gasteiger partial charge in [0.1, 0.15) is 0 Å². The summed E-state index contributed by atoms with van der Waals surface area (Å²) in [7, 11) is 0. The van der Waals surface area contributed by atoms with Crippen molar-refractivity contribution >= 4 is 17.8 Å². The smallest absolute Gasteiger partial charge is 0.232 e. The first-order chi connectivity index (χ1) is 9.97. The molecule has 1 aliphatic rings. The largest absolute Gasteiger partial charge is 0.368 e. The van der Waals surface area contributed by atoms with Crippen molar-refractivity contribution in [3.63, 3.8) is 0 Å². The van der Waals surface area contributed by atoms with Crippen LogP contribution in [0.1, 0.15) is 47.0 Å². The van der Waals surface area contributed by atoms with E-state index in [2.05, 4.69) is 52.4 Å². The van der Waals surface area contributed by atoms with E-state index < -0.39 is 0 Å². The molecule has 1 aromatic rings.